The van der Waals surface area contributed by atoms with Crippen LogP contribution in [0, 0.1) is 23.7 Å². The van der Waals surface area contributed by atoms with Crippen LogP contribution in [0.4, 0.5) is 9.59 Å². The van der Waals surface area contributed by atoms with Crippen LogP contribution in [0.5, 0.6) is 0 Å². The summed E-state index contributed by atoms with van der Waals surface area (Å²) in [6.45, 7) is 23.7. The van der Waals surface area contributed by atoms with Crippen LogP contribution in [0.1, 0.15) is 112 Å². The summed E-state index contributed by atoms with van der Waals surface area (Å²) >= 11 is 12.8. The normalized spacial score (nSPS) is 23.8. The predicted molar refractivity (Wildman–Crippen MR) is 246 cm³/mol. The Labute approximate surface area is 384 Å². The Morgan fingerprint density at radius 1 is 0.587 bits per heavy atom. The Kier molecular flexibility index (Phi) is 16.7. The van der Waals surface area contributed by atoms with Crippen LogP contribution in [-0.2, 0) is 22.6 Å². The highest BCUT2D eigenvalue weighted by Gasteiger charge is 2.44. The fourth-order valence-corrected chi connectivity index (χ4v) is 10.1. The first-order valence-corrected chi connectivity index (χ1v) is 23.8. The van der Waals surface area contributed by atoms with Crippen LogP contribution in [0.2, 0.25) is 10.0 Å². The summed E-state index contributed by atoms with van der Waals surface area (Å²) in [5, 5.41) is 13.5. The number of ether oxygens (including phenoxy) is 2. The lowest BCUT2D eigenvalue weighted by atomic mass is 10.0. The molecule has 3 amide bonds. The van der Waals surface area contributed by atoms with Crippen molar-refractivity contribution in [3.63, 3.8) is 0 Å². The number of nitrogens with one attached hydrogen (secondary N) is 1. The number of carboxylic acids is 1. The van der Waals surface area contributed by atoms with E-state index < -0.39 is 17.2 Å². The number of hydrogen-bond donors (Lipinski definition) is 2. The molecule has 348 valence electrons. The van der Waals surface area contributed by atoms with Gasteiger partial charge in [0.15, 0.2) is 0 Å². The molecule has 0 saturated carbocycles. The Balaban J connectivity index is 0.000000187. The maximum atomic E-state index is 12.7. The summed E-state index contributed by atoms with van der Waals surface area (Å²) in [5.74, 6) is 0.958. The second-order valence-corrected chi connectivity index (χ2v) is 21.1. The van der Waals surface area contributed by atoms with E-state index in [0.717, 1.165) is 96.0 Å². The minimum atomic E-state index is -0.976. The molecule has 4 atom stereocenters. The molecule has 6 fully saturated rings. The lowest BCUT2D eigenvalue weighted by Gasteiger charge is -2.27. The average Bonchev–Trinajstić information content (AvgIpc) is 4.00. The number of amides is 3. The lowest BCUT2D eigenvalue weighted by Crippen LogP contribution is -2.37. The Hall–Kier alpha value is -3.62. The molecular weight excluding hydrogens is 843 g/mol. The number of nitrogens with zero attached hydrogens (tertiary/aromatic N) is 5. The average molecular weight is 914 g/mol. The summed E-state index contributed by atoms with van der Waals surface area (Å²) in [7, 11) is 0. The summed E-state index contributed by atoms with van der Waals surface area (Å²) in [5.41, 5.74) is 1.94. The first kappa shape index (κ1) is 48.8. The van der Waals surface area contributed by atoms with E-state index in [1.807, 2.05) is 74.4 Å². The minimum absolute atomic E-state index is 0.0890. The van der Waals surface area contributed by atoms with Crippen molar-refractivity contribution < 1.29 is 33.8 Å². The van der Waals surface area contributed by atoms with Gasteiger partial charge in [0.05, 0.1) is 5.56 Å². The van der Waals surface area contributed by atoms with Crippen LogP contribution >= 0.6 is 23.2 Å². The molecule has 2 aromatic carbocycles. The lowest BCUT2D eigenvalue weighted by molar-refractivity contribution is 0.0264. The fourth-order valence-electron chi connectivity index (χ4n) is 9.57. The van der Waals surface area contributed by atoms with E-state index in [1.54, 1.807) is 12.1 Å². The summed E-state index contributed by atoms with van der Waals surface area (Å²) in [6.07, 6.45) is 7.15. The van der Waals surface area contributed by atoms with Crippen molar-refractivity contribution in [1.82, 2.24) is 29.8 Å². The number of rotatable bonds is 6. The summed E-state index contributed by atoms with van der Waals surface area (Å²) < 4.78 is 11.0. The van der Waals surface area contributed by atoms with Crippen LogP contribution in [0.15, 0.2) is 36.4 Å². The molecule has 2 aromatic rings. The number of halogens is 2. The van der Waals surface area contributed by atoms with Crippen molar-refractivity contribution in [2.75, 3.05) is 78.5 Å². The monoisotopic (exact) mass is 912 g/mol. The topological polar surface area (TPSA) is 135 Å². The number of likely N-dealkylation sites (tertiary alicyclic amines) is 5. The van der Waals surface area contributed by atoms with Gasteiger partial charge in [0.25, 0.3) is 5.91 Å². The Morgan fingerprint density at radius 2 is 0.984 bits per heavy atom. The molecule has 0 radical (unpaired) electrons. The predicted octanol–water partition coefficient (Wildman–Crippen LogP) is 8.36. The molecule has 0 spiro atoms. The van der Waals surface area contributed by atoms with Gasteiger partial charge in [-0.3, -0.25) is 14.6 Å². The molecule has 13 nitrogen and oxygen atoms in total. The number of benzene rings is 2. The number of carbonyl (C=O) groups excluding carboxylic acids is 3. The van der Waals surface area contributed by atoms with Crippen molar-refractivity contribution in [2.45, 2.75) is 104 Å². The van der Waals surface area contributed by atoms with Gasteiger partial charge in [-0.1, -0.05) is 41.8 Å². The molecule has 0 aliphatic carbocycles. The molecule has 2 N–H and O–H groups in total. The van der Waals surface area contributed by atoms with Crippen molar-refractivity contribution in [2.24, 2.45) is 23.7 Å². The molecule has 0 bridgehead atoms. The van der Waals surface area contributed by atoms with Gasteiger partial charge in [-0.25, -0.2) is 14.4 Å². The number of piperidine rings is 2. The van der Waals surface area contributed by atoms with E-state index in [9.17, 15) is 19.2 Å². The van der Waals surface area contributed by atoms with E-state index in [1.165, 1.54) is 44.8 Å². The smallest absolute Gasteiger partial charge is 0.410 e. The molecule has 8 rings (SSSR count). The SMILES string of the molecule is C1CCNCC1.CC(C)(C)OC(=O)N1CC2CN(Cc3ccc(C(=O)N4CCCCC4)cc3Cl)CC2C1.CC(C)(C)OC(=O)N1CC2CN(Cc3ccc(C(=O)O)cc3Cl)CC2C1. The van der Waals surface area contributed by atoms with Gasteiger partial charge in [0, 0.05) is 94.1 Å². The standard InChI is InChI=1S/C24H34ClN3O3.C19H25ClN2O4.C5H11N/c1-24(2,3)31-23(30)28-15-19-13-26(14-20(19)16-28)12-18-8-7-17(11-21(18)25)22(29)27-9-5-4-6-10-27;1-19(2,3)26-18(25)22-10-14-8-21(9-15(14)11-22)7-13-5-4-12(17(23)24)6-16(13)20;1-2-4-6-5-3-1/h7-8,11,19-20H,4-6,9-10,12-16H2,1-3H3;4-6,14-15H,7-11H2,1-3H3,(H,23,24);6H,1-5H2. The van der Waals surface area contributed by atoms with Gasteiger partial charge in [-0.2, -0.15) is 0 Å². The molecule has 6 aliphatic rings. The zero-order valence-electron chi connectivity index (χ0n) is 38.3. The van der Waals surface area contributed by atoms with E-state index in [-0.39, 0.29) is 23.7 Å². The maximum Gasteiger partial charge on any atom is 0.410 e. The van der Waals surface area contributed by atoms with E-state index in [0.29, 0.717) is 45.8 Å². The number of carboxylic acid groups (broad SMARTS) is 1. The third-order valence-corrected chi connectivity index (χ3v) is 13.4. The van der Waals surface area contributed by atoms with Crippen LogP contribution < -0.4 is 5.32 Å². The van der Waals surface area contributed by atoms with Gasteiger partial charge in [0.2, 0.25) is 0 Å². The number of hydrogen-bond acceptors (Lipinski definition) is 9. The van der Waals surface area contributed by atoms with E-state index in [4.69, 9.17) is 37.8 Å². The molecule has 6 heterocycles. The number of aromatic carboxylic acids is 1. The third kappa shape index (κ3) is 14.2. The highest BCUT2D eigenvalue weighted by Crippen LogP contribution is 2.35. The number of fused-ring (bicyclic) bond motifs is 2. The molecule has 63 heavy (non-hydrogen) atoms. The molecule has 6 saturated heterocycles. The quantitative estimate of drug-likeness (QED) is 0.291. The first-order chi connectivity index (χ1) is 29.8. The van der Waals surface area contributed by atoms with Gasteiger partial charge in [0.1, 0.15) is 11.2 Å². The van der Waals surface area contributed by atoms with E-state index >= 15 is 0 Å². The zero-order valence-corrected chi connectivity index (χ0v) is 39.8. The third-order valence-electron chi connectivity index (χ3n) is 12.7. The van der Waals surface area contributed by atoms with Gasteiger partial charge < -0.3 is 34.6 Å². The van der Waals surface area contributed by atoms with Crippen molar-refractivity contribution in [3.8, 4) is 0 Å². The van der Waals surface area contributed by atoms with Crippen molar-refractivity contribution >= 4 is 47.3 Å². The maximum absolute atomic E-state index is 12.7. The highest BCUT2D eigenvalue weighted by molar-refractivity contribution is 6.32. The van der Waals surface area contributed by atoms with Crippen LogP contribution in [0.3, 0.4) is 0 Å². The van der Waals surface area contributed by atoms with Crippen molar-refractivity contribution in [3.05, 3.63) is 68.7 Å². The molecule has 15 heteroatoms. The second kappa shape index (κ2) is 21.6. The first-order valence-electron chi connectivity index (χ1n) is 23.0. The van der Waals surface area contributed by atoms with Gasteiger partial charge in [-0.05, 0) is 146 Å². The molecule has 4 unspecified atom stereocenters. The van der Waals surface area contributed by atoms with E-state index in [2.05, 4.69) is 15.1 Å². The largest absolute Gasteiger partial charge is 0.478 e. The summed E-state index contributed by atoms with van der Waals surface area (Å²) in [6, 6.07) is 10.6. The van der Waals surface area contributed by atoms with Gasteiger partial charge >= 0.3 is 18.2 Å². The fraction of sp³-hybridized carbons (Fsp3) is 0.667. The number of carbonyl (C=O) groups is 4. The Bertz CT molecular complexity index is 1870. The molecule has 0 aromatic heterocycles. The summed E-state index contributed by atoms with van der Waals surface area (Å²) in [4.78, 5) is 58.6. The van der Waals surface area contributed by atoms with Crippen LogP contribution in [0.25, 0.3) is 0 Å². The van der Waals surface area contributed by atoms with Gasteiger partial charge in [-0.15, -0.1) is 0 Å². The van der Waals surface area contributed by atoms with Crippen molar-refractivity contribution in [1.29, 1.82) is 0 Å². The minimum Gasteiger partial charge on any atom is -0.478 e. The molecular formula is C48H70Cl2N6O7. The zero-order chi connectivity index (χ0) is 45.5. The highest BCUT2D eigenvalue weighted by atomic mass is 35.5. The molecule has 6 aliphatic heterocycles. The Morgan fingerprint density at radius 3 is 1.33 bits per heavy atom. The van der Waals surface area contributed by atoms with Crippen LogP contribution in [-0.4, -0.2) is 143 Å². The second-order valence-electron chi connectivity index (χ2n) is 20.3.